The van der Waals surface area contributed by atoms with Crippen LogP contribution in [-0.2, 0) is 6.54 Å². The zero-order valence-electron chi connectivity index (χ0n) is 12.9. The molecule has 3 N–H and O–H groups in total. The van der Waals surface area contributed by atoms with Crippen molar-refractivity contribution in [1.29, 1.82) is 0 Å². The van der Waals surface area contributed by atoms with Crippen LogP contribution in [0.25, 0.3) is 0 Å². The van der Waals surface area contributed by atoms with Crippen LogP contribution in [0.3, 0.4) is 0 Å². The van der Waals surface area contributed by atoms with E-state index >= 15 is 0 Å². The SMILES string of the molecule is CCCOc1ccc(CNCC(C)(O)C(C)C)c(O)c1. The molecule has 20 heavy (non-hydrogen) atoms. The van der Waals surface area contributed by atoms with Gasteiger partial charge in [0.15, 0.2) is 0 Å². The van der Waals surface area contributed by atoms with Crippen molar-refractivity contribution >= 4 is 0 Å². The fourth-order valence-electron chi connectivity index (χ4n) is 1.66. The summed E-state index contributed by atoms with van der Waals surface area (Å²) in [5.41, 5.74) is 0.0492. The molecular formula is C16H27NO3. The summed E-state index contributed by atoms with van der Waals surface area (Å²) < 4.78 is 5.46. The lowest BCUT2D eigenvalue weighted by Crippen LogP contribution is -2.41. The number of hydrogen-bond donors (Lipinski definition) is 3. The van der Waals surface area contributed by atoms with Crippen LogP contribution in [0.5, 0.6) is 11.5 Å². The monoisotopic (exact) mass is 281 g/mol. The number of nitrogens with one attached hydrogen (secondary N) is 1. The van der Waals surface area contributed by atoms with E-state index in [4.69, 9.17) is 4.74 Å². The van der Waals surface area contributed by atoms with E-state index in [-0.39, 0.29) is 11.7 Å². The average Bonchev–Trinajstić information content (AvgIpc) is 2.38. The molecule has 1 aromatic rings. The van der Waals surface area contributed by atoms with E-state index < -0.39 is 5.60 Å². The Kier molecular flexibility index (Phi) is 6.30. The zero-order chi connectivity index (χ0) is 15.2. The first-order chi connectivity index (χ1) is 9.36. The molecule has 0 aromatic heterocycles. The molecule has 0 aliphatic rings. The lowest BCUT2D eigenvalue weighted by Gasteiger charge is -2.28. The summed E-state index contributed by atoms with van der Waals surface area (Å²) in [6.45, 7) is 9.47. The van der Waals surface area contributed by atoms with Crippen LogP contribution < -0.4 is 10.1 Å². The third-order valence-electron chi connectivity index (χ3n) is 3.57. The Morgan fingerprint density at radius 3 is 2.60 bits per heavy atom. The summed E-state index contributed by atoms with van der Waals surface area (Å²) in [5.74, 6) is 1.07. The summed E-state index contributed by atoms with van der Waals surface area (Å²) in [4.78, 5) is 0. The first-order valence-electron chi connectivity index (χ1n) is 7.24. The summed E-state index contributed by atoms with van der Waals surface area (Å²) in [7, 11) is 0. The van der Waals surface area contributed by atoms with Crippen LogP contribution in [0.15, 0.2) is 18.2 Å². The maximum Gasteiger partial charge on any atom is 0.123 e. The third kappa shape index (κ3) is 5.02. The van der Waals surface area contributed by atoms with E-state index in [1.165, 1.54) is 0 Å². The molecular weight excluding hydrogens is 254 g/mol. The predicted octanol–water partition coefficient (Wildman–Crippen LogP) is 2.68. The number of phenols is 1. The molecule has 1 atom stereocenters. The van der Waals surface area contributed by atoms with Gasteiger partial charge in [-0.05, 0) is 25.3 Å². The number of aliphatic hydroxyl groups is 1. The van der Waals surface area contributed by atoms with Crippen molar-refractivity contribution in [3.8, 4) is 11.5 Å². The highest BCUT2D eigenvalue weighted by atomic mass is 16.5. The van der Waals surface area contributed by atoms with Crippen molar-refractivity contribution in [3.63, 3.8) is 0 Å². The normalized spacial score (nSPS) is 14.3. The molecule has 1 aromatic carbocycles. The maximum absolute atomic E-state index is 10.1. The second-order valence-corrected chi connectivity index (χ2v) is 5.75. The van der Waals surface area contributed by atoms with Gasteiger partial charge in [0.05, 0.1) is 12.2 Å². The van der Waals surface area contributed by atoms with Gasteiger partial charge in [0.25, 0.3) is 0 Å². The topological polar surface area (TPSA) is 61.7 Å². The number of rotatable bonds is 8. The van der Waals surface area contributed by atoms with Gasteiger partial charge in [0.2, 0.25) is 0 Å². The van der Waals surface area contributed by atoms with Gasteiger partial charge in [0.1, 0.15) is 11.5 Å². The number of ether oxygens (including phenoxy) is 1. The van der Waals surface area contributed by atoms with Gasteiger partial charge in [-0.15, -0.1) is 0 Å². The quantitative estimate of drug-likeness (QED) is 0.685. The van der Waals surface area contributed by atoms with Crippen LogP contribution in [0.2, 0.25) is 0 Å². The lowest BCUT2D eigenvalue weighted by molar-refractivity contribution is 0.0139. The molecule has 0 heterocycles. The van der Waals surface area contributed by atoms with Crippen LogP contribution in [0.1, 0.15) is 39.7 Å². The first-order valence-corrected chi connectivity index (χ1v) is 7.24. The Balaban J connectivity index is 2.52. The van der Waals surface area contributed by atoms with Gasteiger partial charge in [-0.2, -0.15) is 0 Å². The highest BCUT2D eigenvalue weighted by Crippen LogP contribution is 2.24. The minimum atomic E-state index is -0.750. The van der Waals surface area contributed by atoms with E-state index in [1.807, 2.05) is 39.8 Å². The molecule has 114 valence electrons. The molecule has 0 fully saturated rings. The number of benzene rings is 1. The van der Waals surface area contributed by atoms with Crippen LogP contribution in [0.4, 0.5) is 0 Å². The fourth-order valence-corrected chi connectivity index (χ4v) is 1.66. The third-order valence-corrected chi connectivity index (χ3v) is 3.57. The first kappa shape index (κ1) is 16.8. The summed E-state index contributed by atoms with van der Waals surface area (Å²) in [5, 5.41) is 23.3. The molecule has 0 saturated carbocycles. The fraction of sp³-hybridized carbons (Fsp3) is 0.625. The Hall–Kier alpha value is -1.26. The zero-order valence-corrected chi connectivity index (χ0v) is 12.9. The van der Waals surface area contributed by atoms with E-state index in [0.29, 0.717) is 25.4 Å². The second kappa shape index (κ2) is 7.50. The largest absolute Gasteiger partial charge is 0.507 e. The molecule has 0 aliphatic heterocycles. The predicted molar refractivity (Wildman–Crippen MR) is 81.1 cm³/mol. The Morgan fingerprint density at radius 1 is 1.35 bits per heavy atom. The Morgan fingerprint density at radius 2 is 2.05 bits per heavy atom. The smallest absolute Gasteiger partial charge is 0.123 e. The maximum atomic E-state index is 10.1. The Bertz CT molecular complexity index is 416. The van der Waals surface area contributed by atoms with Crippen LogP contribution in [-0.4, -0.2) is 29.0 Å². The van der Waals surface area contributed by atoms with E-state index in [2.05, 4.69) is 5.32 Å². The van der Waals surface area contributed by atoms with Gasteiger partial charge < -0.3 is 20.3 Å². The average molecular weight is 281 g/mol. The molecule has 1 unspecified atom stereocenters. The van der Waals surface area contributed by atoms with Crippen molar-refractivity contribution < 1.29 is 14.9 Å². The molecule has 0 saturated heterocycles. The molecule has 0 radical (unpaired) electrons. The van der Waals surface area contributed by atoms with Crippen molar-refractivity contribution in [2.45, 2.75) is 46.3 Å². The van der Waals surface area contributed by atoms with Crippen molar-refractivity contribution in [3.05, 3.63) is 23.8 Å². The van der Waals surface area contributed by atoms with Crippen molar-refractivity contribution in [1.82, 2.24) is 5.32 Å². The highest BCUT2D eigenvalue weighted by molar-refractivity contribution is 5.39. The van der Waals surface area contributed by atoms with E-state index in [9.17, 15) is 10.2 Å². The molecule has 1 rings (SSSR count). The van der Waals surface area contributed by atoms with Gasteiger partial charge in [-0.3, -0.25) is 0 Å². The number of phenolic OH excluding ortho intramolecular Hbond substituents is 1. The highest BCUT2D eigenvalue weighted by Gasteiger charge is 2.24. The molecule has 4 nitrogen and oxygen atoms in total. The summed E-state index contributed by atoms with van der Waals surface area (Å²) >= 11 is 0. The molecule has 4 heteroatoms. The molecule has 0 amide bonds. The van der Waals surface area contributed by atoms with Gasteiger partial charge >= 0.3 is 0 Å². The number of aromatic hydroxyl groups is 1. The van der Waals surface area contributed by atoms with Crippen molar-refractivity contribution in [2.75, 3.05) is 13.2 Å². The second-order valence-electron chi connectivity index (χ2n) is 5.75. The van der Waals surface area contributed by atoms with Crippen LogP contribution in [0, 0.1) is 5.92 Å². The summed E-state index contributed by atoms with van der Waals surface area (Å²) in [6.07, 6.45) is 0.939. The van der Waals surface area contributed by atoms with Gasteiger partial charge in [-0.1, -0.05) is 26.8 Å². The molecule has 0 bridgehead atoms. The number of hydrogen-bond acceptors (Lipinski definition) is 4. The lowest BCUT2D eigenvalue weighted by atomic mass is 9.92. The minimum absolute atomic E-state index is 0.174. The van der Waals surface area contributed by atoms with Crippen molar-refractivity contribution in [2.24, 2.45) is 5.92 Å². The van der Waals surface area contributed by atoms with E-state index in [1.54, 1.807) is 6.07 Å². The minimum Gasteiger partial charge on any atom is -0.507 e. The van der Waals surface area contributed by atoms with Gasteiger partial charge in [-0.25, -0.2) is 0 Å². The molecule has 0 aliphatic carbocycles. The van der Waals surface area contributed by atoms with Gasteiger partial charge in [0, 0.05) is 24.7 Å². The van der Waals surface area contributed by atoms with E-state index in [0.717, 1.165) is 12.0 Å². The molecule has 0 spiro atoms. The Labute approximate surface area is 121 Å². The summed E-state index contributed by atoms with van der Waals surface area (Å²) in [6, 6.07) is 5.33. The van der Waals surface area contributed by atoms with Crippen LogP contribution >= 0.6 is 0 Å². The standard InChI is InChI=1S/C16H27NO3/c1-5-8-20-14-7-6-13(15(18)9-14)10-17-11-16(4,19)12(2)3/h6-7,9,12,17-19H,5,8,10-11H2,1-4H3.